The predicted molar refractivity (Wildman–Crippen MR) is 104 cm³/mol. The van der Waals surface area contributed by atoms with Gasteiger partial charge in [-0.05, 0) is 38.1 Å². The molecule has 0 heterocycles. The van der Waals surface area contributed by atoms with Crippen molar-refractivity contribution in [3.05, 3.63) is 10.8 Å². The highest BCUT2D eigenvalue weighted by atomic mass is 28.3. The Labute approximate surface area is 137 Å². The van der Waals surface area contributed by atoms with Crippen LogP contribution in [-0.2, 0) is 0 Å². The van der Waals surface area contributed by atoms with E-state index < -0.39 is 8.07 Å². The van der Waals surface area contributed by atoms with Gasteiger partial charge in [-0.1, -0.05) is 64.4 Å². The standard InChI is InChI=1S/C18H39NSi2/c1-9-16(14(2)15(3)20)19-18(12-10-11-13-18)21(7,8)17(4,5)6/h16,19H,9-13H2,1-8,20H3. The Hall–Kier alpha value is 0.134. The summed E-state index contributed by atoms with van der Waals surface area (Å²) in [5, 5.41) is 6.75. The van der Waals surface area contributed by atoms with Crippen LogP contribution in [0.15, 0.2) is 10.8 Å². The maximum absolute atomic E-state index is 4.23. The van der Waals surface area contributed by atoms with Crippen LogP contribution in [0.2, 0.25) is 18.1 Å². The Morgan fingerprint density at radius 2 is 1.67 bits per heavy atom. The molecule has 1 nitrogen and oxygen atoms in total. The molecule has 1 saturated carbocycles. The Kier molecular flexibility index (Phi) is 6.13. The first-order chi connectivity index (χ1) is 9.48. The Morgan fingerprint density at radius 3 is 2.00 bits per heavy atom. The molecule has 0 aromatic rings. The van der Waals surface area contributed by atoms with E-state index in [-0.39, 0.29) is 0 Å². The van der Waals surface area contributed by atoms with Crippen LogP contribution in [0, 0.1) is 0 Å². The van der Waals surface area contributed by atoms with Gasteiger partial charge in [-0.2, -0.15) is 0 Å². The molecule has 0 bridgehead atoms. The monoisotopic (exact) mass is 325 g/mol. The fourth-order valence-electron chi connectivity index (χ4n) is 3.84. The summed E-state index contributed by atoms with van der Waals surface area (Å²) in [6.45, 7) is 19.7. The molecule has 1 fully saturated rings. The van der Waals surface area contributed by atoms with Gasteiger partial charge in [0, 0.05) is 21.4 Å². The minimum Gasteiger partial charge on any atom is -0.307 e. The largest absolute Gasteiger partial charge is 0.307 e. The summed E-state index contributed by atoms with van der Waals surface area (Å²) in [4.78, 5) is 0. The lowest BCUT2D eigenvalue weighted by Crippen LogP contribution is -2.67. The second kappa shape index (κ2) is 6.71. The molecule has 1 aliphatic carbocycles. The van der Waals surface area contributed by atoms with Crippen molar-refractivity contribution in [3.8, 4) is 0 Å². The van der Waals surface area contributed by atoms with Crippen molar-refractivity contribution in [1.29, 1.82) is 0 Å². The van der Waals surface area contributed by atoms with E-state index >= 15 is 0 Å². The molecule has 1 atom stereocenters. The third-order valence-corrected chi connectivity index (χ3v) is 14.3. The van der Waals surface area contributed by atoms with Crippen LogP contribution in [0.5, 0.6) is 0 Å². The molecule has 3 heteroatoms. The van der Waals surface area contributed by atoms with Gasteiger partial charge in [0.25, 0.3) is 0 Å². The number of hydrogen-bond acceptors (Lipinski definition) is 1. The maximum Gasteiger partial charge on any atom is 0.0758 e. The summed E-state index contributed by atoms with van der Waals surface area (Å²) in [5.41, 5.74) is 1.62. The SMILES string of the molecule is CCC(NC1([Si](C)(C)C(C)(C)C)CCCC1)C(C)=C(C)[SiH3]. The fraction of sp³-hybridized carbons (Fsp3) is 0.889. The van der Waals surface area contributed by atoms with Crippen LogP contribution in [-0.4, -0.2) is 29.5 Å². The minimum atomic E-state index is -1.40. The van der Waals surface area contributed by atoms with Crippen molar-refractivity contribution in [2.75, 3.05) is 0 Å². The average Bonchev–Trinajstić information content (AvgIpc) is 2.83. The van der Waals surface area contributed by atoms with Crippen molar-refractivity contribution < 1.29 is 0 Å². The molecule has 124 valence electrons. The molecule has 21 heavy (non-hydrogen) atoms. The highest BCUT2D eigenvalue weighted by Crippen LogP contribution is 2.49. The summed E-state index contributed by atoms with van der Waals surface area (Å²) in [6, 6.07) is 0.592. The molecule has 1 aliphatic rings. The highest BCUT2D eigenvalue weighted by Gasteiger charge is 2.54. The third-order valence-electron chi connectivity index (χ3n) is 6.70. The third kappa shape index (κ3) is 3.73. The van der Waals surface area contributed by atoms with Gasteiger partial charge >= 0.3 is 0 Å². The lowest BCUT2D eigenvalue weighted by Gasteiger charge is -2.53. The molecule has 0 radical (unpaired) electrons. The molecule has 1 N–H and O–H groups in total. The molecule has 0 saturated heterocycles. The van der Waals surface area contributed by atoms with Gasteiger partial charge < -0.3 is 5.32 Å². The van der Waals surface area contributed by atoms with Crippen LogP contribution < -0.4 is 5.32 Å². The highest BCUT2D eigenvalue weighted by molar-refractivity contribution is 6.83. The van der Waals surface area contributed by atoms with Crippen LogP contribution in [0.25, 0.3) is 0 Å². The molecule has 0 amide bonds. The maximum atomic E-state index is 4.23. The summed E-state index contributed by atoms with van der Waals surface area (Å²) in [6.07, 6.45) is 6.85. The quantitative estimate of drug-likeness (QED) is 0.740. The fourth-order valence-corrected chi connectivity index (χ4v) is 7.77. The van der Waals surface area contributed by atoms with E-state index in [0.29, 0.717) is 16.2 Å². The zero-order valence-corrected chi connectivity index (χ0v) is 19.1. The Morgan fingerprint density at radius 1 is 1.19 bits per heavy atom. The Bertz CT molecular complexity index is 381. The smallest absolute Gasteiger partial charge is 0.0758 e. The van der Waals surface area contributed by atoms with Gasteiger partial charge in [-0.3, -0.25) is 0 Å². The van der Waals surface area contributed by atoms with Crippen molar-refractivity contribution in [2.45, 2.75) is 103 Å². The average molecular weight is 326 g/mol. The molecule has 0 aromatic heterocycles. The molecule has 1 rings (SSSR count). The van der Waals surface area contributed by atoms with Gasteiger partial charge in [-0.15, -0.1) is 0 Å². The zero-order chi connectivity index (χ0) is 16.5. The molecule has 0 aromatic carbocycles. The van der Waals surface area contributed by atoms with Crippen molar-refractivity contribution in [1.82, 2.24) is 5.32 Å². The van der Waals surface area contributed by atoms with Gasteiger partial charge in [0.15, 0.2) is 0 Å². The molecular weight excluding hydrogens is 286 g/mol. The van der Waals surface area contributed by atoms with Gasteiger partial charge in [0.05, 0.1) is 8.07 Å². The number of rotatable bonds is 5. The normalized spacial score (nSPS) is 22.3. The number of nitrogens with one attached hydrogen (secondary N) is 1. The van der Waals surface area contributed by atoms with E-state index in [0.717, 1.165) is 0 Å². The van der Waals surface area contributed by atoms with E-state index in [1.807, 2.05) is 0 Å². The first-order valence-corrected chi connectivity index (χ1v) is 12.9. The van der Waals surface area contributed by atoms with E-state index in [4.69, 9.17) is 0 Å². The van der Waals surface area contributed by atoms with E-state index in [2.05, 4.69) is 60.0 Å². The van der Waals surface area contributed by atoms with Gasteiger partial charge in [0.1, 0.15) is 0 Å². The lowest BCUT2D eigenvalue weighted by molar-refractivity contribution is 0.379. The van der Waals surface area contributed by atoms with Crippen molar-refractivity contribution in [2.24, 2.45) is 0 Å². The van der Waals surface area contributed by atoms with Crippen LogP contribution in [0.4, 0.5) is 0 Å². The second-order valence-corrected chi connectivity index (χ2v) is 16.2. The van der Waals surface area contributed by atoms with E-state index in [9.17, 15) is 0 Å². The van der Waals surface area contributed by atoms with Crippen LogP contribution in [0.1, 0.15) is 73.6 Å². The van der Waals surface area contributed by atoms with Crippen molar-refractivity contribution >= 4 is 18.3 Å². The molecule has 0 spiro atoms. The summed E-state index contributed by atoms with van der Waals surface area (Å²) >= 11 is 0. The summed E-state index contributed by atoms with van der Waals surface area (Å²) < 4.78 is 0. The first kappa shape index (κ1) is 19.2. The van der Waals surface area contributed by atoms with Crippen LogP contribution >= 0.6 is 0 Å². The van der Waals surface area contributed by atoms with Gasteiger partial charge in [-0.25, -0.2) is 0 Å². The topological polar surface area (TPSA) is 12.0 Å². The van der Waals surface area contributed by atoms with Crippen molar-refractivity contribution in [3.63, 3.8) is 0 Å². The Balaban J connectivity index is 3.16. The predicted octanol–water partition coefficient (Wildman–Crippen LogP) is 4.37. The van der Waals surface area contributed by atoms with Crippen LogP contribution in [0.3, 0.4) is 0 Å². The number of allylic oxidation sites excluding steroid dienone is 1. The van der Waals surface area contributed by atoms with E-state index in [1.165, 1.54) is 42.3 Å². The number of hydrogen-bond donors (Lipinski definition) is 1. The summed E-state index contributed by atoms with van der Waals surface area (Å²) in [5.74, 6) is 0. The first-order valence-electron chi connectivity index (χ1n) is 8.90. The molecule has 0 aliphatic heterocycles. The molecular formula is C18H39NSi2. The zero-order valence-electron chi connectivity index (χ0n) is 16.1. The summed E-state index contributed by atoms with van der Waals surface area (Å²) in [7, 11) is -0.208. The van der Waals surface area contributed by atoms with E-state index in [1.54, 1.807) is 10.8 Å². The lowest BCUT2D eigenvalue weighted by atomic mass is 10.0. The van der Waals surface area contributed by atoms with Gasteiger partial charge in [0.2, 0.25) is 0 Å². The minimum absolute atomic E-state index is 0.435. The molecule has 1 unspecified atom stereocenters. The second-order valence-electron chi connectivity index (χ2n) is 8.95.